The molecule has 35 heavy (non-hydrogen) atoms. The maximum absolute atomic E-state index is 12.9. The molecular formula is C28H23N3O3S. The van der Waals surface area contributed by atoms with E-state index in [4.69, 9.17) is 9.47 Å². The monoisotopic (exact) mass is 481 g/mol. The Morgan fingerprint density at radius 1 is 0.943 bits per heavy atom. The van der Waals surface area contributed by atoms with Gasteiger partial charge in [0.1, 0.15) is 6.61 Å². The third-order valence-electron chi connectivity index (χ3n) is 5.42. The summed E-state index contributed by atoms with van der Waals surface area (Å²) in [5.41, 5.74) is 3.96. The van der Waals surface area contributed by atoms with Gasteiger partial charge in [0.15, 0.2) is 17.3 Å². The van der Waals surface area contributed by atoms with Gasteiger partial charge in [-0.3, -0.25) is 4.79 Å². The fourth-order valence-electron chi connectivity index (χ4n) is 3.55. The molecule has 7 heteroatoms. The second-order valence-electron chi connectivity index (χ2n) is 8.01. The highest BCUT2D eigenvalue weighted by Crippen LogP contribution is 2.29. The molecular weight excluding hydrogens is 458 g/mol. The molecule has 0 bridgehead atoms. The van der Waals surface area contributed by atoms with Crippen molar-refractivity contribution in [2.24, 2.45) is 0 Å². The Morgan fingerprint density at radius 2 is 1.71 bits per heavy atom. The Hall–Kier alpha value is -4.23. The average molecular weight is 482 g/mol. The zero-order valence-corrected chi connectivity index (χ0v) is 20.2. The summed E-state index contributed by atoms with van der Waals surface area (Å²) < 4.78 is 13.3. The molecule has 0 aliphatic heterocycles. The van der Waals surface area contributed by atoms with Crippen LogP contribution >= 0.6 is 11.3 Å². The number of hydrogen-bond acceptors (Lipinski definition) is 6. The molecule has 6 nitrogen and oxygen atoms in total. The average Bonchev–Trinajstić information content (AvgIpc) is 3.41. The van der Waals surface area contributed by atoms with Crippen molar-refractivity contribution >= 4 is 34.5 Å². The van der Waals surface area contributed by atoms with E-state index < -0.39 is 0 Å². The van der Waals surface area contributed by atoms with Crippen molar-refractivity contribution in [3.8, 4) is 11.5 Å². The first-order valence-electron chi connectivity index (χ1n) is 11.1. The molecule has 0 spiro atoms. The smallest absolute Gasteiger partial charge is 0.291 e. The highest BCUT2D eigenvalue weighted by molar-refractivity contribution is 7.15. The highest BCUT2D eigenvalue weighted by atomic mass is 32.1. The zero-order valence-electron chi connectivity index (χ0n) is 19.3. The summed E-state index contributed by atoms with van der Waals surface area (Å²) in [7, 11) is 1.60. The summed E-state index contributed by atoms with van der Waals surface area (Å²) in [6.45, 7) is 2.49. The molecule has 2 heterocycles. The van der Waals surface area contributed by atoms with Crippen LogP contribution in [-0.4, -0.2) is 21.7 Å². The molecule has 0 aliphatic carbocycles. The zero-order chi connectivity index (χ0) is 24.2. The molecule has 2 aromatic heterocycles. The second kappa shape index (κ2) is 9.95. The van der Waals surface area contributed by atoms with Gasteiger partial charge in [0.05, 0.1) is 11.6 Å². The van der Waals surface area contributed by atoms with Crippen LogP contribution in [0.3, 0.4) is 0 Å². The van der Waals surface area contributed by atoms with Gasteiger partial charge >= 0.3 is 0 Å². The van der Waals surface area contributed by atoms with Crippen LogP contribution in [0.1, 0.15) is 28.1 Å². The number of nitrogens with zero attached hydrogens (tertiary/aromatic N) is 3. The number of fused-ring (bicyclic) bond motifs is 1. The standard InChI is InChI=1S/C28H23N3O3S/c1-19-8-10-20(11-9-19)13-15-26-29-28-31(30-26)27(32)25(35-28)17-22-12-14-23(24(16-22)33-2)34-18-21-6-4-3-5-7-21/h3-17H,18H2,1-2H3/b15-13+,25-17+. The van der Waals surface area contributed by atoms with Gasteiger partial charge in [0, 0.05) is 0 Å². The number of thiazole rings is 1. The third-order valence-corrected chi connectivity index (χ3v) is 6.38. The second-order valence-corrected chi connectivity index (χ2v) is 9.02. The number of methoxy groups -OCH3 is 1. The molecule has 174 valence electrons. The van der Waals surface area contributed by atoms with Crippen LogP contribution in [0.15, 0.2) is 77.6 Å². The van der Waals surface area contributed by atoms with E-state index in [1.54, 1.807) is 7.11 Å². The number of benzene rings is 3. The van der Waals surface area contributed by atoms with Crippen LogP contribution in [0, 0.1) is 6.92 Å². The first-order chi connectivity index (χ1) is 17.1. The Balaban J connectivity index is 1.37. The lowest BCUT2D eigenvalue weighted by Crippen LogP contribution is -2.23. The fraction of sp³-hybridized carbons (Fsp3) is 0.107. The van der Waals surface area contributed by atoms with Crippen molar-refractivity contribution in [2.75, 3.05) is 7.11 Å². The number of hydrogen-bond donors (Lipinski definition) is 0. The predicted octanol–water partition coefficient (Wildman–Crippen LogP) is 4.77. The van der Waals surface area contributed by atoms with Crippen LogP contribution in [0.4, 0.5) is 0 Å². The van der Waals surface area contributed by atoms with Crippen molar-refractivity contribution in [2.45, 2.75) is 13.5 Å². The van der Waals surface area contributed by atoms with E-state index in [-0.39, 0.29) is 5.56 Å². The van der Waals surface area contributed by atoms with E-state index in [9.17, 15) is 4.79 Å². The Bertz CT molecular complexity index is 1600. The maximum Gasteiger partial charge on any atom is 0.291 e. The van der Waals surface area contributed by atoms with E-state index in [1.807, 2.05) is 97.9 Å². The lowest BCUT2D eigenvalue weighted by Gasteiger charge is -2.11. The Labute approximate surface area is 206 Å². The summed E-state index contributed by atoms with van der Waals surface area (Å²) in [6, 6.07) is 23.7. The lowest BCUT2D eigenvalue weighted by atomic mass is 10.1. The van der Waals surface area contributed by atoms with Crippen LogP contribution in [0.5, 0.6) is 11.5 Å². The molecule has 0 N–H and O–H groups in total. The molecule has 0 amide bonds. The van der Waals surface area contributed by atoms with Gasteiger partial charge in [0.2, 0.25) is 4.96 Å². The van der Waals surface area contributed by atoms with Crippen LogP contribution in [0.2, 0.25) is 0 Å². The molecule has 0 fully saturated rings. The largest absolute Gasteiger partial charge is 0.493 e. The van der Waals surface area contributed by atoms with Gasteiger partial charge in [-0.05, 0) is 47.9 Å². The first kappa shape index (κ1) is 22.6. The van der Waals surface area contributed by atoms with Crippen molar-refractivity contribution in [3.63, 3.8) is 0 Å². The van der Waals surface area contributed by atoms with Crippen LogP contribution < -0.4 is 19.6 Å². The van der Waals surface area contributed by atoms with E-state index in [2.05, 4.69) is 10.1 Å². The fourth-order valence-corrected chi connectivity index (χ4v) is 4.46. The lowest BCUT2D eigenvalue weighted by molar-refractivity contribution is 0.284. The van der Waals surface area contributed by atoms with Gasteiger partial charge in [-0.1, -0.05) is 83.6 Å². The summed E-state index contributed by atoms with van der Waals surface area (Å²) in [5, 5.41) is 4.36. The van der Waals surface area contributed by atoms with E-state index >= 15 is 0 Å². The Morgan fingerprint density at radius 3 is 2.46 bits per heavy atom. The minimum atomic E-state index is -0.198. The number of aryl methyl sites for hydroxylation is 1. The molecule has 3 aromatic carbocycles. The number of rotatable bonds is 7. The topological polar surface area (TPSA) is 65.7 Å². The minimum absolute atomic E-state index is 0.198. The van der Waals surface area contributed by atoms with E-state index in [0.717, 1.165) is 16.7 Å². The first-order valence-corrected chi connectivity index (χ1v) is 11.9. The quantitative estimate of drug-likeness (QED) is 0.335. The van der Waals surface area contributed by atoms with Gasteiger partial charge < -0.3 is 9.47 Å². The number of ether oxygens (including phenoxy) is 2. The van der Waals surface area contributed by atoms with E-state index in [0.29, 0.717) is 33.4 Å². The van der Waals surface area contributed by atoms with Crippen LogP contribution in [-0.2, 0) is 6.61 Å². The van der Waals surface area contributed by atoms with Crippen molar-refractivity contribution < 1.29 is 9.47 Å². The van der Waals surface area contributed by atoms with Crippen molar-refractivity contribution in [1.29, 1.82) is 0 Å². The summed E-state index contributed by atoms with van der Waals surface area (Å²) in [4.78, 5) is 17.9. The van der Waals surface area contributed by atoms with Gasteiger partial charge in [-0.2, -0.15) is 9.50 Å². The molecule has 0 aliphatic rings. The van der Waals surface area contributed by atoms with E-state index in [1.165, 1.54) is 21.4 Å². The molecule has 0 atom stereocenters. The molecule has 0 saturated carbocycles. The van der Waals surface area contributed by atoms with Crippen LogP contribution in [0.25, 0.3) is 23.2 Å². The number of aromatic nitrogens is 3. The van der Waals surface area contributed by atoms with Gasteiger partial charge in [-0.15, -0.1) is 5.10 Å². The van der Waals surface area contributed by atoms with Gasteiger partial charge in [-0.25, -0.2) is 0 Å². The van der Waals surface area contributed by atoms with Crippen molar-refractivity contribution in [3.05, 3.63) is 116 Å². The van der Waals surface area contributed by atoms with Crippen molar-refractivity contribution in [1.82, 2.24) is 14.6 Å². The predicted molar refractivity (Wildman–Crippen MR) is 140 cm³/mol. The molecule has 0 saturated heterocycles. The van der Waals surface area contributed by atoms with Gasteiger partial charge in [0.25, 0.3) is 5.56 Å². The SMILES string of the molecule is COc1cc(/C=c2/sc3nc(/C=C/c4ccc(C)cc4)nn3c2=O)ccc1OCc1ccccc1. The summed E-state index contributed by atoms with van der Waals surface area (Å²) in [6.07, 6.45) is 5.56. The maximum atomic E-state index is 12.9. The normalized spacial score (nSPS) is 12.0. The molecule has 5 aromatic rings. The minimum Gasteiger partial charge on any atom is -0.493 e. The molecule has 5 rings (SSSR count). The third kappa shape index (κ3) is 5.15. The summed E-state index contributed by atoms with van der Waals surface area (Å²) in [5.74, 6) is 1.75. The molecule has 0 unspecified atom stereocenters. The molecule has 0 radical (unpaired) electrons. The summed E-state index contributed by atoms with van der Waals surface area (Å²) >= 11 is 1.30. The Kier molecular flexibility index (Phi) is 6.41. The highest BCUT2D eigenvalue weighted by Gasteiger charge is 2.10.